The van der Waals surface area contributed by atoms with E-state index in [-0.39, 0.29) is 12.0 Å². The van der Waals surface area contributed by atoms with Crippen molar-refractivity contribution in [2.75, 3.05) is 18.9 Å². The first-order valence-electron chi connectivity index (χ1n) is 6.43. The molecule has 100 valence electrons. The zero-order valence-electron chi connectivity index (χ0n) is 10.7. The lowest BCUT2D eigenvalue weighted by atomic mass is 10.2. The highest BCUT2D eigenvalue weighted by Crippen LogP contribution is 2.12. The Morgan fingerprint density at radius 1 is 1.72 bits per heavy atom. The second-order valence-electron chi connectivity index (χ2n) is 4.54. The molecule has 2 heterocycles. The molecule has 1 aliphatic rings. The van der Waals surface area contributed by atoms with Crippen molar-refractivity contribution in [3.63, 3.8) is 0 Å². The molecule has 1 aromatic rings. The first-order chi connectivity index (χ1) is 8.70. The number of nitrogens with zero attached hydrogens (tertiary/aromatic N) is 2. The van der Waals surface area contributed by atoms with Crippen molar-refractivity contribution in [2.24, 2.45) is 0 Å². The van der Waals surface area contributed by atoms with E-state index in [0.717, 1.165) is 32.4 Å². The molecular formula is C12H20N4O2. The van der Waals surface area contributed by atoms with Gasteiger partial charge in [0.1, 0.15) is 0 Å². The molecule has 1 amide bonds. The quantitative estimate of drug-likeness (QED) is 0.811. The van der Waals surface area contributed by atoms with Crippen molar-refractivity contribution in [1.82, 2.24) is 15.1 Å². The van der Waals surface area contributed by atoms with Crippen LogP contribution in [-0.4, -0.2) is 34.9 Å². The second-order valence-corrected chi connectivity index (χ2v) is 4.54. The summed E-state index contributed by atoms with van der Waals surface area (Å²) in [5.41, 5.74) is 6.51. The summed E-state index contributed by atoms with van der Waals surface area (Å²) in [5.74, 6) is -0.224. The first kappa shape index (κ1) is 12.9. The maximum atomic E-state index is 11.9. The van der Waals surface area contributed by atoms with E-state index in [1.807, 2.05) is 0 Å². The molecule has 6 heteroatoms. The van der Waals surface area contributed by atoms with Crippen LogP contribution in [0, 0.1) is 0 Å². The zero-order chi connectivity index (χ0) is 13.0. The Hall–Kier alpha value is -1.56. The van der Waals surface area contributed by atoms with Gasteiger partial charge in [0, 0.05) is 25.9 Å². The van der Waals surface area contributed by atoms with Gasteiger partial charge in [0.25, 0.3) is 5.91 Å². The van der Waals surface area contributed by atoms with Crippen LogP contribution in [0.2, 0.25) is 0 Å². The number of nitrogens with two attached hydrogens (primary N) is 1. The summed E-state index contributed by atoms with van der Waals surface area (Å²) >= 11 is 0. The normalized spacial score (nSPS) is 19.1. The van der Waals surface area contributed by atoms with Gasteiger partial charge in [-0.25, -0.2) is 0 Å². The lowest BCUT2D eigenvalue weighted by molar-refractivity contribution is 0.0853. The SMILES string of the molecule is CCCn1cc(N)c(C(=O)NCC2CCCO2)n1. The minimum atomic E-state index is -0.224. The number of nitrogens with one attached hydrogen (secondary N) is 1. The van der Waals surface area contributed by atoms with E-state index in [0.29, 0.717) is 17.9 Å². The van der Waals surface area contributed by atoms with Gasteiger partial charge in [0.15, 0.2) is 5.69 Å². The Balaban J connectivity index is 1.91. The van der Waals surface area contributed by atoms with Crippen molar-refractivity contribution in [2.45, 2.75) is 38.8 Å². The van der Waals surface area contributed by atoms with Gasteiger partial charge >= 0.3 is 0 Å². The predicted octanol–water partition coefficient (Wildman–Crippen LogP) is 0.784. The van der Waals surface area contributed by atoms with Crippen LogP contribution in [0.1, 0.15) is 36.7 Å². The molecule has 0 aliphatic carbocycles. The summed E-state index contributed by atoms with van der Waals surface area (Å²) in [6.07, 6.45) is 4.85. The molecule has 3 N–H and O–H groups in total. The van der Waals surface area contributed by atoms with Crippen molar-refractivity contribution < 1.29 is 9.53 Å². The number of aryl methyl sites for hydroxylation is 1. The van der Waals surface area contributed by atoms with Gasteiger partial charge < -0.3 is 15.8 Å². The molecular weight excluding hydrogens is 232 g/mol. The average Bonchev–Trinajstić information content (AvgIpc) is 2.96. The van der Waals surface area contributed by atoms with Gasteiger partial charge in [-0.3, -0.25) is 9.48 Å². The molecule has 1 unspecified atom stereocenters. The standard InChI is InChI=1S/C12H20N4O2/c1-2-5-16-8-10(13)11(15-16)12(17)14-7-9-4-3-6-18-9/h8-9H,2-7,13H2,1H3,(H,14,17). The number of nitrogen functional groups attached to an aromatic ring is 1. The Morgan fingerprint density at radius 3 is 3.22 bits per heavy atom. The monoisotopic (exact) mass is 252 g/mol. The molecule has 0 spiro atoms. The maximum absolute atomic E-state index is 11.9. The highest BCUT2D eigenvalue weighted by atomic mass is 16.5. The zero-order valence-corrected chi connectivity index (χ0v) is 10.7. The number of amides is 1. The van der Waals surface area contributed by atoms with Gasteiger partial charge in [0.05, 0.1) is 11.8 Å². The second kappa shape index (κ2) is 5.86. The third kappa shape index (κ3) is 3.01. The van der Waals surface area contributed by atoms with Crippen LogP contribution >= 0.6 is 0 Å². The summed E-state index contributed by atoms with van der Waals surface area (Å²) in [6.45, 7) is 4.13. The van der Waals surface area contributed by atoms with Crippen molar-refractivity contribution in [1.29, 1.82) is 0 Å². The van der Waals surface area contributed by atoms with Crippen molar-refractivity contribution in [3.8, 4) is 0 Å². The molecule has 0 aromatic carbocycles. The molecule has 0 radical (unpaired) electrons. The van der Waals surface area contributed by atoms with Crippen LogP contribution in [0.4, 0.5) is 5.69 Å². The van der Waals surface area contributed by atoms with E-state index >= 15 is 0 Å². The minimum Gasteiger partial charge on any atom is -0.396 e. The number of carbonyl (C=O) groups excluding carboxylic acids is 1. The van der Waals surface area contributed by atoms with Crippen molar-refractivity contribution in [3.05, 3.63) is 11.9 Å². The maximum Gasteiger partial charge on any atom is 0.274 e. The topological polar surface area (TPSA) is 82.2 Å². The fraction of sp³-hybridized carbons (Fsp3) is 0.667. The number of hydrogen-bond acceptors (Lipinski definition) is 4. The minimum absolute atomic E-state index is 0.132. The van der Waals surface area contributed by atoms with Crippen LogP contribution in [0.5, 0.6) is 0 Å². The molecule has 2 rings (SSSR count). The van der Waals surface area contributed by atoms with E-state index in [4.69, 9.17) is 10.5 Å². The molecule has 1 aromatic heterocycles. The van der Waals surface area contributed by atoms with Crippen LogP contribution in [0.25, 0.3) is 0 Å². The molecule has 1 aliphatic heterocycles. The lowest BCUT2D eigenvalue weighted by Gasteiger charge is -2.09. The molecule has 1 saturated heterocycles. The molecule has 0 saturated carbocycles. The summed E-state index contributed by atoms with van der Waals surface area (Å²) < 4.78 is 7.15. The Labute approximate surface area is 106 Å². The average molecular weight is 252 g/mol. The Morgan fingerprint density at radius 2 is 2.56 bits per heavy atom. The summed E-state index contributed by atoms with van der Waals surface area (Å²) in [5, 5.41) is 7.00. The third-order valence-electron chi connectivity index (χ3n) is 2.97. The van der Waals surface area contributed by atoms with Crippen molar-refractivity contribution >= 4 is 11.6 Å². The number of carbonyl (C=O) groups is 1. The summed E-state index contributed by atoms with van der Waals surface area (Å²) in [7, 11) is 0. The molecule has 1 atom stereocenters. The number of rotatable bonds is 5. The van der Waals surface area contributed by atoms with Gasteiger partial charge in [0.2, 0.25) is 0 Å². The molecule has 0 bridgehead atoms. The molecule has 6 nitrogen and oxygen atoms in total. The fourth-order valence-electron chi connectivity index (χ4n) is 2.05. The van der Waals surface area contributed by atoms with Gasteiger partial charge in [-0.1, -0.05) is 6.92 Å². The van der Waals surface area contributed by atoms with E-state index < -0.39 is 0 Å². The van der Waals surface area contributed by atoms with Gasteiger partial charge in [-0.05, 0) is 19.3 Å². The predicted molar refractivity (Wildman–Crippen MR) is 68.2 cm³/mol. The smallest absolute Gasteiger partial charge is 0.274 e. The van der Waals surface area contributed by atoms with E-state index in [9.17, 15) is 4.79 Å². The van der Waals surface area contributed by atoms with Crippen LogP contribution < -0.4 is 11.1 Å². The largest absolute Gasteiger partial charge is 0.396 e. The first-order valence-corrected chi connectivity index (χ1v) is 6.43. The number of aromatic nitrogens is 2. The molecule has 1 fully saturated rings. The third-order valence-corrected chi connectivity index (χ3v) is 2.97. The lowest BCUT2D eigenvalue weighted by Crippen LogP contribution is -2.32. The molecule has 18 heavy (non-hydrogen) atoms. The summed E-state index contributed by atoms with van der Waals surface area (Å²) in [6, 6.07) is 0. The van der Waals surface area contributed by atoms with Gasteiger partial charge in [-0.2, -0.15) is 5.10 Å². The highest BCUT2D eigenvalue weighted by Gasteiger charge is 2.19. The van der Waals surface area contributed by atoms with E-state index in [1.54, 1.807) is 10.9 Å². The summed E-state index contributed by atoms with van der Waals surface area (Å²) in [4.78, 5) is 11.9. The highest BCUT2D eigenvalue weighted by molar-refractivity contribution is 5.96. The Kier molecular flexibility index (Phi) is 4.19. The van der Waals surface area contributed by atoms with E-state index in [2.05, 4.69) is 17.3 Å². The van der Waals surface area contributed by atoms with Crippen LogP contribution in [-0.2, 0) is 11.3 Å². The number of ether oxygens (including phenoxy) is 1. The number of anilines is 1. The van der Waals surface area contributed by atoms with Crippen LogP contribution in [0.15, 0.2) is 6.20 Å². The number of hydrogen-bond donors (Lipinski definition) is 2. The van der Waals surface area contributed by atoms with Crippen LogP contribution in [0.3, 0.4) is 0 Å². The Bertz CT molecular complexity index is 410. The van der Waals surface area contributed by atoms with Gasteiger partial charge in [-0.15, -0.1) is 0 Å². The fourth-order valence-corrected chi connectivity index (χ4v) is 2.05. The van der Waals surface area contributed by atoms with E-state index in [1.165, 1.54) is 0 Å².